The van der Waals surface area contributed by atoms with E-state index >= 15 is 0 Å². The van der Waals surface area contributed by atoms with E-state index in [9.17, 15) is 0 Å². The van der Waals surface area contributed by atoms with Gasteiger partial charge in [-0.3, -0.25) is 0 Å². The number of alkyl halides is 4. The van der Waals surface area contributed by atoms with E-state index in [0.717, 1.165) is 11.8 Å². The molecule has 1 fully saturated rings. The van der Waals surface area contributed by atoms with Crippen LogP contribution in [0.1, 0.15) is 0 Å². The maximum absolute atomic E-state index is 5.40. The van der Waals surface area contributed by atoms with Crippen molar-refractivity contribution in [1.29, 1.82) is 0 Å². The molecule has 1 aliphatic heterocycles. The van der Waals surface area contributed by atoms with E-state index in [0.29, 0.717) is 0 Å². The molecule has 1 rings (SSSR count). The van der Waals surface area contributed by atoms with E-state index < -0.39 is 7.33 Å². The molecule has 0 aromatic carbocycles. The summed E-state index contributed by atoms with van der Waals surface area (Å²) in [5.41, 5.74) is 0. The predicted octanol–water partition coefficient (Wildman–Crippen LogP) is 3.00. The fourth-order valence-corrected chi connectivity index (χ4v) is 2.27. The lowest BCUT2D eigenvalue weighted by Crippen LogP contribution is -1.96. The quantitative estimate of drug-likeness (QED) is 0.425. The number of hydrogen-bond acceptors (Lipinski definition) is 1. The van der Waals surface area contributed by atoms with Crippen LogP contribution >= 0.6 is 58.2 Å². The first-order chi connectivity index (χ1) is 2.96. The van der Waals surface area contributed by atoms with E-state index in [1.165, 1.54) is 0 Å². The Morgan fingerprint density at radius 1 is 0.857 bits per heavy atom. The molecule has 0 aromatic rings. The molecule has 0 saturated carbocycles. The van der Waals surface area contributed by atoms with Crippen LogP contribution in [0.3, 0.4) is 0 Å². The Bertz CT molecular complexity index is 85.9. The summed E-state index contributed by atoms with van der Waals surface area (Å²) < 4.78 is -1.92. The molecule has 0 nitrogen and oxygen atoms in total. The van der Waals surface area contributed by atoms with Crippen molar-refractivity contribution in [2.24, 2.45) is 0 Å². The van der Waals surface area contributed by atoms with Crippen molar-refractivity contribution in [3.8, 4) is 0 Å². The second kappa shape index (κ2) is 1.51. The SMILES string of the molecule is ClC1(Cl)SC1(Cl)Cl. The molecule has 1 aliphatic rings. The fourth-order valence-electron chi connectivity index (χ4n) is 0.135. The van der Waals surface area contributed by atoms with Crippen LogP contribution in [0.4, 0.5) is 0 Å². The van der Waals surface area contributed by atoms with Gasteiger partial charge in [0.2, 0.25) is 7.33 Å². The van der Waals surface area contributed by atoms with Crippen molar-refractivity contribution in [2.45, 2.75) is 7.33 Å². The Kier molecular flexibility index (Phi) is 1.43. The molecule has 42 valence electrons. The van der Waals surface area contributed by atoms with Gasteiger partial charge in [-0.25, -0.2) is 0 Å². The summed E-state index contributed by atoms with van der Waals surface area (Å²) in [6.07, 6.45) is 0. The van der Waals surface area contributed by atoms with Crippen LogP contribution in [0.2, 0.25) is 0 Å². The fraction of sp³-hybridized carbons (Fsp3) is 1.00. The second-order valence-electron chi connectivity index (χ2n) is 1.14. The van der Waals surface area contributed by atoms with Gasteiger partial charge in [0, 0.05) is 0 Å². The van der Waals surface area contributed by atoms with Crippen LogP contribution in [0.25, 0.3) is 0 Å². The van der Waals surface area contributed by atoms with Crippen molar-refractivity contribution in [1.82, 2.24) is 0 Å². The summed E-state index contributed by atoms with van der Waals surface area (Å²) in [5, 5.41) is 0. The van der Waals surface area contributed by atoms with Gasteiger partial charge in [0.25, 0.3) is 0 Å². The van der Waals surface area contributed by atoms with Gasteiger partial charge in [0.1, 0.15) is 0 Å². The molecular weight excluding hydrogens is 198 g/mol. The molecule has 0 unspecified atom stereocenters. The minimum atomic E-state index is -0.962. The first kappa shape index (κ1) is 6.63. The smallest absolute Gasteiger partial charge is 0.0849 e. The van der Waals surface area contributed by atoms with Crippen molar-refractivity contribution in [2.75, 3.05) is 0 Å². The lowest BCUT2D eigenvalue weighted by Gasteiger charge is -1.90. The lowest BCUT2D eigenvalue weighted by atomic mass is 10.9. The van der Waals surface area contributed by atoms with Crippen LogP contribution in [-0.4, -0.2) is 7.33 Å². The molecule has 0 amide bonds. The Balaban J connectivity index is 2.59. The van der Waals surface area contributed by atoms with Crippen LogP contribution in [0.15, 0.2) is 0 Å². The van der Waals surface area contributed by atoms with E-state index in [4.69, 9.17) is 46.4 Å². The van der Waals surface area contributed by atoms with Crippen LogP contribution in [0.5, 0.6) is 0 Å². The lowest BCUT2D eigenvalue weighted by molar-refractivity contribution is 1.29. The first-order valence-electron chi connectivity index (χ1n) is 1.41. The van der Waals surface area contributed by atoms with E-state index in [-0.39, 0.29) is 0 Å². The molecule has 0 aliphatic carbocycles. The van der Waals surface area contributed by atoms with Gasteiger partial charge in [-0.15, -0.1) is 0 Å². The third kappa shape index (κ3) is 1.08. The Labute approximate surface area is 65.4 Å². The first-order valence-corrected chi connectivity index (χ1v) is 3.74. The molecule has 0 N–H and O–H groups in total. The maximum Gasteiger partial charge on any atom is 0.208 e. The summed E-state index contributed by atoms with van der Waals surface area (Å²) in [5.74, 6) is 0. The molecule has 0 bridgehead atoms. The summed E-state index contributed by atoms with van der Waals surface area (Å²) in [6.45, 7) is 0. The number of halogens is 4. The average molecular weight is 198 g/mol. The van der Waals surface area contributed by atoms with Crippen molar-refractivity contribution >= 4 is 58.2 Å². The van der Waals surface area contributed by atoms with E-state index in [1.807, 2.05) is 0 Å². The Morgan fingerprint density at radius 3 is 1.00 bits per heavy atom. The normalized spacial score (nSPS) is 32.6. The predicted molar refractivity (Wildman–Crippen MR) is 36.5 cm³/mol. The van der Waals surface area contributed by atoms with Gasteiger partial charge in [0.05, 0.1) is 0 Å². The minimum absolute atomic E-state index is 0.962. The van der Waals surface area contributed by atoms with Crippen molar-refractivity contribution in [3.63, 3.8) is 0 Å². The second-order valence-corrected chi connectivity index (χ2v) is 6.12. The standard InChI is InChI=1S/C2Cl4S/c3-1(4)2(5,6)7-1. The van der Waals surface area contributed by atoms with Crippen molar-refractivity contribution < 1.29 is 0 Å². The highest BCUT2D eigenvalue weighted by Gasteiger charge is 2.67. The summed E-state index contributed by atoms with van der Waals surface area (Å²) in [6, 6.07) is 0. The van der Waals surface area contributed by atoms with Crippen LogP contribution in [-0.2, 0) is 0 Å². The van der Waals surface area contributed by atoms with Crippen LogP contribution in [0, 0.1) is 0 Å². The average Bonchev–Trinajstić information content (AvgIpc) is 1.63. The summed E-state index contributed by atoms with van der Waals surface area (Å²) >= 11 is 22.7. The molecule has 1 saturated heterocycles. The van der Waals surface area contributed by atoms with Gasteiger partial charge in [0.15, 0.2) is 0 Å². The molecular formula is C2Cl4S. The molecule has 0 radical (unpaired) electrons. The molecule has 0 atom stereocenters. The number of hydrogen-bond donors (Lipinski definition) is 0. The highest BCUT2D eigenvalue weighted by Crippen LogP contribution is 2.74. The van der Waals surface area contributed by atoms with Crippen LogP contribution < -0.4 is 0 Å². The van der Waals surface area contributed by atoms with Gasteiger partial charge in [-0.05, 0) is 0 Å². The minimum Gasteiger partial charge on any atom is -0.0849 e. The van der Waals surface area contributed by atoms with Gasteiger partial charge in [-0.2, -0.15) is 0 Å². The van der Waals surface area contributed by atoms with E-state index in [1.54, 1.807) is 0 Å². The summed E-state index contributed by atoms with van der Waals surface area (Å²) in [7, 11) is 0. The molecule has 0 aromatic heterocycles. The zero-order chi connectivity index (χ0) is 5.71. The van der Waals surface area contributed by atoms with Gasteiger partial charge < -0.3 is 0 Å². The largest absolute Gasteiger partial charge is 0.208 e. The van der Waals surface area contributed by atoms with Gasteiger partial charge >= 0.3 is 0 Å². The van der Waals surface area contributed by atoms with E-state index in [2.05, 4.69) is 0 Å². The highest BCUT2D eigenvalue weighted by molar-refractivity contribution is 8.15. The molecule has 0 spiro atoms. The topological polar surface area (TPSA) is 0 Å². The third-order valence-corrected chi connectivity index (χ3v) is 4.37. The number of rotatable bonds is 0. The zero-order valence-corrected chi connectivity index (χ0v) is 6.76. The van der Waals surface area contributed by atoms with Gasteiger partial charge in [-0.1, -0.05) is 58.2 Å². The third-order valence-electron chi connectivity index (χ3n) is 0.554. The zero-order valence-electron chi connectivity index (χ0n) is 2.92. The van der Waals surface area contributed by atoms with Crippen molar-refractivity contribution in [3.05, 3.63) is 0 Å². The molecule has 1 heterocycles. The molecule has 5 heteroatoms. The summed E-state index contributed by atoms with van der Waals surface area (Å²) in [4.78, 5) is 0. The highest BCUT2D eigenvalue weighted by atomic mass is 35.5. The Hall–Kier alpha value is 1.51. The monoisotopic (exact) mass is 196 g/mol. The number of thioether (sulfide) groups is 1. The Morgan fingerprint density at radius 2 is 1.00 bits per heavy atom. The molecule has 7 heavy (non-hydrogen) atoms. The maximum atomic E-state index is 5.40.